The van der Waals surface area contributed by atoms with Crippen LogP contribution in [0.25, 0.3) is 0 Å². The molecule has 0 aromatic heterocycles. The summed E-state index contributed by atoms with van der Waals surface area (Å²) >= 11 is 0. The zero-order valence-electron chi connectivity index (χ0n) is 18.9. The molecule has 1 amide bonds. The van der Waals surface area contributed by atoms with E-state index in [1.54, 1.807) is 4.90 Å². The van der Waals surface area contributed by atoms with E-state index in [2.05, 4.69) is 0 Å². The molecule has 0 atom stereocenters. The molecule has 0 spiro atoms. The first-order valence-corrected chi connectivity index (χ1v) is 9.89. The summed E-state index contributed by atoms with van der Waals surface area (Å²) in [5.74, 6) is -0.541. The van der Waals surface area contributed by atoms with E-state index >= 15 is 0 Å². The van der Waals surface area contributed by atoms with Crippen LogP contribution in [0.4, 0.5) is 4.79 Å². The predicted octanol–water partition coefficient (Wildman–Crippen LogP) is 3.92. The summed E-state index contributed by atoms with van der Waals surface area (Å²) in [7, 11) is 2.52. The van der Waals surface area contributed by atoms with Gasteiger partial charge in [-0.15, -0.1) is 0 Å². The van der Waals surface area contributed by atoms with E-state index in [1.165, 1.54) is 32.4 Å². The quantitative estimate of drug-likeness (QED) is 0.338. The number of carbonyl (C=O) groups excluding carboxylic acids is 3. The molecule has 0 unspecified atom stereocenters. The van der Waals surface area contributed by atoms with Gasteiger partial charge in [0, 0.05) is 13.1 Å². The fourth-order valence-corrected chi connectivity index (χ4v) is 2.62. The zero-order valence-corrected chi connectivity index (χ0v) is 18.9. The van der Waals surface area contributed by atoms with E-state index in [-0.39, 0.29) is 29.7 Å². The Bertz CT molecular complexity index is 703. The molecule has 30 heavy (non-hydrogen) atoms. The van der Waals surface area contributed by atoms with E-state index in [1.807, 2.05) is 34.6 Å². The molecule has 1 aromatic carbocycles. The van der Waals surface area contributed by atoms with Gasteiger partial charge in [-0.3, -0.25) is 0 Å². The molecular formula is C22H33NO7. The lowest BCUT2D eigenvalue weighted by Gasteiger charge is -2.28. The summed E-state index contributed by atoms with van der Waals surface area (Å²) in [6, 6.07) is 4.38. The highest BCUT2D eigenvalue weighted by molar-refractivity contribution is 5.96. The second-order valence-electron chi connectivity index (χ2n) is 8.25. The van der Waals surface area contributed by atoms with Gasteiger partial charge in [-0.2, -0.15) is 0 Å². The minimum Gasteiger partial charge on any atom is -0.493 e. The minimum absolute atomic E-state index is 0.186. The van der Waals surface area contributed by atoms with Gasteiger partial charge in [-0.05, 0) is 51.3 Å². The zero-order chi connectivity index (χ0) is 22.9. The molecule has 0 aliphatic rings. The highest BCUT2D eigenvalue weighted by Gasteiger charge is 2.22. The maximum atomic E-state index is 12.4. The van der Waals surface area contributed by atoms with Crippen molar-refractivity contribution in [1.29, 1.82) is 0 Å². The second-order valence-corrected chi connectivity index (χ2v) is 8.25. The van der Waals surface area contributed by atoms with Crippen LogP contribution in [0.15, 0.2) is 18.2 Å². The Kier molecular flexibility index (Phi) is 9.62. The van der Waals surface area contributed by atoms with Gasteiger partial charge >= 0.3 is 18.0 Å². The van der Waals surface area contributed by atoms with Gasteiger partial charge in [0.25, 0.3) is 0 Å². The number of ether oxygens (including phenoxy) is 4. The van der Waals surface area contributed by atoms with E-state index in [0.29, 0.717) is 25.3 Å². The van der Waals surface area contributed by atoms with Gasteiger partial charge in [-0.1, -0.05) is 13.8 Å². The van der Waals surface area contributed by atoms with Crippen molar-refractivity contribution in [1.82, 2.24) is 4.90 Å². The van der Waals surface area contributed by atoms with Crippen LogP contribution in [0.3, 0.4) is 0 Å². The summed E-state index contributed by atoms with van der Waals surface area (Å²) < 4.78 is 20.6. The first kappa shape index (κ1) is 25.3. The van der Waals surface area contributed by atoms with Crippen LogP contribution in [-0.2, 0) is 14.2 Å². The van der Waals surface area contributed by atoms with Crippen LogP contribution in [0.2, 0.25) is 0 Å². The Hall–Kier alpha value is -2.77. The van der Waals surface area contributed by atoms with Crippen molar-refractivity contribution >= 4 is 18.0 Å². The Balaban J connectivity index is 2.79. The molecule has 0 bridgehead atoms. The van der Waals surface area contributed by atoms with Crippen molar-refractivity contribution in [3.05, 3.63) is 29.3 Å². The van der Waals surface area contributed by atoms with Crippen LogP contribution in [-0.4, -0.2) is 62.4 Å². The van der Waals surface area contributed by atoms with Crippen molar-refractivity contribution in [2.75, 3.05) is 33.9 Å². The first-order valence-electron chi connectivity index (χ1n) is 9.89. The lowest BCUT2D eigenvalue weighted by atomic mass is 10.1. The minimum atomic E-state index is -0.585. The average molecular weight is 424 g/mol. The standard InChI is InChI=1S/C22H33NO7/c1-15(2)14-23(21(26)30-22(3,4)5)9-8-10-29-18-12-16(19(24)27-6)11-17(13-18)20(25)28-7/h11-13,15H,8-10,14H2,1-7H3. The molecule has 0 saturated carbocycles. The predicted molar refractivity (Wildman–Crippen MR) is 112 cm³/mol. The summed E-state index contributed by atoms with van der Waals surface area (Å²) in [5, 5.41) is 0. The molecule has 0 saturated heterocycles. The lowest BCUT2D eigenvalue weighted by molar-refractivity contribution is 0.0219. The molecule has 0 radical (unpaired) electrons. The van der Waals surface area contributed by atoms with Crippen molar-refractivity contribution in [2.24, 2.45) is 5.92 Å². The second kappa shape index (κ2) is 11.4. The number of rotatable bonds is 9. The Morgan fingerprint density at radius 3 is 1.93 bits per heavy atom. The molecule has 0 fully saturated rings. The summed E-state index contributed by atoms with van der Waals surface area (Å²) in [6.45, 7) is 10.8. The summed E-state index contributed by atoms with van der Waals surface area (Å²) in [6.07, 6.45) is 0.180. The maximum absolute atomic E-state index is 12.4. The van der Waals surface area contributed by atoms with Gasteiger partial charge in [0.15, 0.2) is 0 Å². The highest BCUT2D eigenvalue weighted by Crippen LogP contribution is 2.19. The Morgan fingerprint density at radius 1 is 0.967 bits per heavy atom. The van der Waals surface area contributed by atoms with Crippen molar-refractivity contribution in [3.8, 4) is 5.75 Å². The third kappa shape index (κ3) is 8.71. The number of methoxy groups -OCH3 is 2. The van der Waals surface area contributed by atoms with Crippen molar-refractivity contribution in [2.45, 2.75) is 46.6 Å². The van der Waals surface area contributed by atoms with Gasteiger partial charge < -0.3 is 23.8 Å². The van der Waals surface area contributed by atoms with Gasteiger partial charge in [0.1, 0.15) is 11.4 Å². The molecule has 0 heterocycles. The smallest absolute Gasteiger partial charge is 0.410 e. The van der Waals surface area contributed by atoms with Gasteiger partial charge in [0.05, 0.1) is 32.0 Å². The molecule has 0 N–H and O–H groups in total. The molecule has 1 rings (SSSR count). The number of hydrogen-bond acceptors (Lipinski definition) is 7. The fourth-order valence-electron chi connectivity index (χ4n) is 2.62. The normalized spacial score (nSPS) is 11.1. The lowest BCUT2D eigenvalue weighted by Crippen LogP contribution is -2.39. The number of esters is 2. The molecule has 1 aromatic rings. The molecular weight excluding hydrogens is 390 g/mol. The average Bonchev–Trinajstić information content (AvgIpc) is 2.67. The maximum Gasteiger partial charge on any atom is 0.410 e. The Labute approximate surface area is 178 Å². The summed E-state index contributed by atoms with van der Waals surface area (Å²) in [5.41, 5.74) is -0.197. The third-order valence-corrected chi connectivity index (χ3v) is 3.83. The van der Waals surface area contributed by atoms with E-state index < -0.39 is 17.5 Å². The first-order chi connectivity index (χ1) is 14.0. The highest BCUT2D eigenvalue weighted by atomic mass is 16.6. The third-order valence-electron chi connectivity index (χ3n) is 3.83. The van der Waals surface area contributed by atoms with E-state index in [0.717, 1.165) is 0 Å². The molecule has 0 aliphatic carbocycles. The van der Waals surface area contributed by atoms with Gasteiger partial charge in [-0.25, -0.2) is 14.4 Å². The van der Waals surface area contributed by atoms with Gasteiger partial charge in [0.2, 0.25) is 0 Å². The van der Waals surface area contributed by atoms with Crippen LogP contribution in [0, 0.1) is 5.92 Å². The largest absolute Gasteiger partial charge is 0.493 e. The fraction of sp³-hybridized carbons (Fsp3) is 0.591. The van der Waals surface area contributed by atoms with Crippen LogP contribution in [0.1, 0.15) is 61.8 Å². The Morgan fingerprint density at radius 2 is 1.50 bits per heavy atom. The molecule has 0 aliphatic heterocycles. The molecule has 8 heteroatoms. The number of amides is 1. The van der Waals surface area contributed by atoms with Crippen LogP contribution >= 0.6 is 0 Å². The SMILES string of the molecule is COC(=O)c1cc(OCCCN(CC(C)C)C(=O)OC(C)(C)C)cc(C(=O)OC)c1. The van der Waals surface area contributed by atoms with Crippen LogP contribution < -0.4 is 4.74 Å². The van der Waals surface area contributed by atoms with Crippen molar-refractivity contribution in [3.63, 3.8) is 0 Å². The van der Waals surface area contributed by atoms with Crippen LogP contribution in [0.5, 0.6) is 5.75 Å². The number of carbonyl (C=O) groups is 3. The monoisotopic (exact) mass is 423 g/mol. The van der Waals surface area contributed by atoms with Crippen molar-refractivity contribution < 1.29 is 33.3 Å². The molecule has 168 valence electrons. The number of hydrogen-bond donors (Lipinski definition) is 0. The molecule has 8 nitrogen and oxygen atoms in total. The van der Waals surface area contributed by atoms with E-state index in [4.69, 9.17) is 18.9 Å². The number of benzene rings is 1. The number of nitrogens with zero attached hydrogens (tertiary/aromatic N) is 1. The topological polar surface area (TPSA) is 91.4 Å². The van der Waals surface area contributed by atoms with E-state index in [9.17, 15) is 14.4 Å². The summed E-state index contributed by atoms with van der Waals surface area (Å²) in [4.78, 5) is 37.8.